The first-order valence-electron chi connectivity index (χ1n) is 12.1. The van der Waals surface area contributed by atoms with Gasteiger partial charge in [-0.1, -0.05) is 36.4 Å². The number of nitrogens with zero attached hydrogens (tertiary/aromatic N) is 2. The normalized spacial score (nSPS) is 23.8. The Labute approximate surface area is 210 Å². The summed E-state index contributed by atoms with van der Waals surface area (Å²) in [7, 11) is 0. The van der Waals surface area contributed by atoms with Gasteiger partial charge in [0.15, 0.2) is 0 Å². The van der Waals surface area contributed by atoms with E-state index in [4.69, 9.17) is 0 Å². The Morgan fingerprint density at radius 1 is 1.03 bits per heavy atom. The molecular formula is C28H32N4O4. The largest absolute Gasteiger partial charge is 0.389 e. The number of carbonyl (C=O) groups excluding carboxylic acids is 3. The zero-order chi connectivity index (χ0) is 26.0. The van der Waals surface area contributed by atoms with Gasteiger partial charge in [0, 0.05) is 36.5 Å². The van der Waals surface area contributed by atoms with Gasteiger partial charge in [-0.15, -0.1) is 0 Å². The minimum atomic E-state index is -1.66. The summed E-state index contributed by atoms with van der Waals surface area (Å²) in [5, 5.41) is 21.5. The van der Waals surface area contributed by atoms with Crippen molar-refractivity contribution in [1.82, 2.24) is 9.78 Å². The van der Waals surface area contributed by atoms with E-state index in [1.807, 2.05) is 51.1 Å². The van der Waals surface area contributed by atoms with Crippen LogP contribution in [0, 0.1) is 25.7 Å². The van der Waals surface area contributed by atoms with E-state index in [1.165, 1.54) is 6.92 Å². The van der Waals surface area contributed by atoms with Crippen LogP contribution in [0.5, 0.6) is 0 Å². The summed E-state index contributed by atoms with van der Waals surface area (Å²) < 4.78 is 1.68. The summed E-state index contributed by atoms with van der Waals surface area (Å²) in [6.07, 6.45) is 3.00. The lowest BCUT2D eigenvalue weighted by Gasteiger charge is -2.44. The minimum absolute atomic E-state index is 0.316. The number of hydrogen-bond acceptors (Lipinski definition) is 5. The van der Waals surface area contributed by atoms with Crippen LogP contribution in [0.2, 0.25) is 0 Å². The SMILES string of the molecule is CCn1cc([C@@H]2[C@H](C(=O)Nc3ccccc3C)C(=O)C[C@](C)(O)[C@@H]2C(=O)Nc2ccccc2C)cn1. The van der Waals surface area contributed by atoms with Crippen molar-refractivity contribution >= 4 is 29.0 Å². The first kappa shape index (κ1) is 25.3. The van der Waals surface area contributed by atoms with Crippen LogP contribution in [0.3, 0.4) is 0 Å². The molecule has 3 N–H and O–H groups in total. The van der Waals surface area contributed by atoms with Gasteiger partial charge in [-0.05, 0) is 56.5 Å². The molecule has 1 aliphatic carbocycles. The lowest BCUT2D eigenvalue weighted by atomic mass is 9.61. The molecule has 2 amide bonds. The number of carbonyl (C=O) groups is 3. The van der Waals surface area contributed by atoms with Crippen LogP contribution in [0.15, 0.2) is 60.9 Å². The van der Waals surface area contributed by atoms with Crippen molar-refractivity contribution in [2.75, 3.05) is 10.6 Å². The van der Waals surface area contributed by atoms with E-state index in [2.05, 4.69) is 15.7 Å². The number of rotatable bonds is 6. The Bertz CT molecular complexity index is 1300. The molecule has 4 atom stereocenters. The van der Waals surface area contributed by atoms with E-state index in [-0.39, 0.29) is 6.42 Å². The molecule has 0 unspecified atom stereocenters. The lowest BCUT2D eigenvalue weighted by molar-refractivity contribution is -0.150. The topological polar surface area (TPSA) is 113 Å². The molecule has 0 bridgehead atoms. The summed E-state index contributed by atoms with van der Waals surface area (Å²) >= 11 is 0. The number of ketones is 1. The molecule has 1 heterocycles. The molecule has 2 aromatic carbocycles. The molecule has 1 aliphatic rings. The molecule has 1 saturated carbocycles. The van der Waals surface area contributed by atoms with Crippen molar-refractivity contribution in [3.63, 3.8) is 0 Å². The zero-order valence-electron chi connectivity index (χ0n) is 21.0. The van der Waals surface area contributed by atoms with Crippen LogP contribution >= 0.6 is 0 Å². The average molecular weight is 489 g/mol. The number of benzene rings is 2. The zero-order valence-corrected chi connectivity index (χ0v) is 21.0. The highest BCUT2D eigenvalue weighted by molar-refractivity contribution is 6.10. The fraction of sp³-hybridized carbons (Fsp3) is 0.357. The molecule has 1 aromatic heterocycles. The van der Waals surface area contributed by atoms with Gasteiger partial charge >= 0.3 is 0 Å². The first-order valence-corrected chi connectivity index (χ1v) is 12.1. The van der Waals surface area contributed by atoms with Crippen molar-refractivity contribution in [2.45, 2.75) is 52.2 Å². The van der Waals surface area contributed by atoms with Gasteiger partial charge in [0.05, 0.1) is 17.7 Å². The van der Waals surface area contributed by atoms with Crippen LogP contribution < -0.4 is 10.6 Å². The molecule has 0 radical (unpaired) electrons. The highest BCUT2D eigenvalue weighted by Crippen LogP contribution is 2.46. The first-order chi connectivity index (χ1) is 17.1. The van der Waals surface area contributed by atoms with Crippen molar-refractivity contribution < 1.29 is 19.5 Å². The third-order valence-electron chi connectivity index (χ3n) is 7.00. The number of amides is 2. The van der Waals surface area contributed by atoms with E-state index in [1.54, 1.807) is 35.3 Å². The molecule has 0 saturated heterocycles. The van der Waals surface area contributed by atoms with Gasteiger partial charge in [0.2, 0.25) is 11.8 Å². The second-order valence-corrected chi connectivity index (χ2v) is 9.72. The summed E-state index contributed by atoms with van der Waals surface area (Å²) in [6, 6.07) is 14.6. The summed E-state index contributed by atoms with van der Waals surface area (Å²) in [6.45, 7) is 7.73. The van der Waals surface area contributed by atoms with Gasteiger partial charge in [-0.3, -0.25) is 19.1 Å². The number of aryl methyl sites for hydroxylation is 3. The van der Waals surface area contributed by atoms with E-state index in [9.17, 15) is 19.5 Å². The third-order valence-corrected chi connectivity index (χ3v) is 7.00. The predicted molar refractivity (Wildman–Crippen MR) is 137 cm³/mol. The number of aromatic nitrogens is 2. The number of hydrogen-bond donors (Lipinski definition) is 3. The fourth-order valence-corrected chi connectivity index (χ4v) is 5.06. The van der Waals surface area contributed by atoms with Crippen molar-refractivity contribution in [1.29, 1.82) is 0 Å². The Hall–Kier alpha value is -3.78. The predicted octanol–water partition coefficient (Wildman–Crippen LogP) is 3.84. The highest BCUT2D eigenvalue weighted by Gasteiger charge is 2.56. The minimum Gasteiger partial charge on any atom is -0.389 e. The van der Waals surface area contributed by atoms with Gasteiger partial charge in [-0.2, -0.15) is 5.10 Å². The molecule has 0 aliphatic heterocycles. The molecule has 4 rings (SSSR count). The van der Waals surface area contributed by atoms with Crippen LogP contribution in [0.1, 0.15) is 42.9 Å². The molecule has 188 valence electrons. The Balaban J connectivity index is 1.77. The van der Waals surface area contributed by atoms with Crippen LogP contribution in [-0.2, 0) is 20.9 Å². The molecule has 8 heteroatoms. The smallest absolute Gasteiger partial charge is 0.235 e. The van der Waals surface area contributed by atoms with Gasteiger partial charge in [0.1, 0.15) is 11.7 Å². The van der Waals surface area contributed by atoms with E-state index >= 15 is 0 Å². The second kappa shape index (κ2) is 10.1. The second-order valence-electron chi connectivity index (χ2n) is 9.72. The van der Waals surface area contributed by atoms with Gasteiger partial charge in [-0.25, -0.2) is 0 Å². The molecule has 0 spiro atoms. The lowest BCUT2D eigenvalue weighted by Crippen LogP contribution is -2.56. The Morgan fingerprint density at radius 2 is 1.58 bits per heavy atom. The summed E-state index contributed by atoms with van der Waals surface area (Å²) in [5.74, 6) is -4.53. The van der Waals surface area contributed by atoms with E-state index < -0.39 is 41.0 Å². The molecule has 3 aromatic rings. The number of Topliss-reactive ketones (excluding diaryl/α,β-unsaturated/α-hetero) is 1. The van der Waals surface area contributed by atoms with Crippen molar-refractivity contribution in [3.8, 4) is 0 Å². The Kier molecular flexibility index (Phi) is 7.08. The van der Waals surface area contributed by atoms with Crippen molar-refractivity contribution in [2.24, 2.45) is 11.8 Å². The number of para-hydroxylation sites is 2. The summed E-state index contributed by atoms with van der Waals surface area (Å²) in [5.41, 5.74) is 1.81. The molecular weight excluding hydrogens is 456 g/mol. The highest BCUT2D eigenvalue weighted by atomic mass is 16.3. The molecule has 8 nitrogen and oxygen atoms in total. The quantitative estimate of drug-likeness (QED) is 0.457. The Morgan fingerprint density at radius 3 is 2.11 bits per heavy atom. The number of aliphatic hydroxyl groups is 1. The third kappa shape index (κ3) is 4.95. The monoisotopic (exact) mass is 488 g/mol. The standard InChI is InChI=1S/C28H32N4O4/c1-5-32-16-19(15-29-32)23-24(26(34)30-20-12-8-6-10-17(20)2)22(33)14-28(4,36)25(23)27(35)31-21-13-9-7-11-18(21)3/h6-13,15-16,23-25,36H,5,14H2,1-4H3,(H,30,34)(H,31,35)/t23-,24-,25+,28+/m1/s1. The number of nitrogens with one attached hydrogen (secondary N) is 2. The fourth-order valence-electron chi connectivity index (χ4n) is 5.06. The maximum absolute atomic E-state index is 13.7. The van der Waals surface area contributed by atoms with Crippen LogP contribution in [0.25, 0.3) is 0 Å². The maximum atomic E-state index is 13.7. The van der Waals surface area contributed by atoms with Crippen LogP contribution in [-0.4, -0.2) is 38.1 Å². The molecule has 1 fully saturated rings. The van der Waals surface area contributed by atoms with E-state index in [0.717, 1.165) is 11.1 Å². The average Bonchev–Trinajstić information content (AvgIpc) is 3.30. The van der Waals surface area contributed by atoms with Gasteiger partial charge in [0.25, 0.3) is 0 Å². The van der Waals surface area contributed by atoms with Crippen LogP contribution in [0.4, 0.5) is 11.4 Å². The maximum Gasteiger partial charge on any atom is 0.235 e. The van der Waals surface area contributed by atoms with E-state index in [0.29, 0.717) is 23.5 Å². The number of anilines is 2. The van der Waals surface area contributed by atoms with Crippen molar-refractivity contribution in [3.05, 3.63) is 77.6 Å². The summed E-state index contributed by atoms with van der Waals surface area (Å²) in [4.78, 5) is 40.7. The molecule has 36 heavy (non-hydrogen) atoms. The van der Waals surface area contributed by atoms with Gasteiger partial charge < -0.3 is 15.7 Å².